The van der Waals surface area contributed by atoms with Gasteiger partial charge in [0.05, 0.1) is 6.54 Å². The number of carbonyl (C=O) groups excluding carboxylic acids is 2. The molecular weight excluding hydrogens is 244 g/mol. The van der Waals surface area contributed by atoms with Crippen LogP contribution in [0.15, 0.2) is 30.3 Å². The largest absolute Gasteiger partial charge is 0.492 e. The predicted molar refractivity (Wildman–Crippen MR) is 70.7 cm³/mol. The number of carbonyl (C=O) groups is 2. The Morgan fingerprint density at radius 1 is 1.42 bits per heavy atom. The normalized spacial score (nSPS) is 17.9. The lowest BCUT2D eigenvalue weighted by Crippen LogP contribution is -2.43. The zero-order valence-corrected chi connectivity index (χ0v) is 11.0. The quantitative estimate of drug-likeness (QED) is 0.854. The fraction of sp³-hybridized carbons (Fsp3) is 0.429. The number of nitrogens with one attached hydrogen (secondary N) is 1. The first-order chi connectivity index (χ1) is 9.16. The van der Waals surface area contributed by atoms with E-state index in [1.54, 1.807) is 11.9 Å². The van der Waals surface area contributed by atoms with Crippen LogP contribution in [0.1, 0.15) is 12.8 Å². The molecule has 19 heavy (non-hydrogen) atoms. The standard InChI is InChI=1S/C14H18N2O3/c1-16(14(18)12-7-8-13(17)15-12)9-10-19-11-5-3-2-4-6-11/h2-6,12H,7-10H2,1H3,(H,15,17). The third-order valence-electron chi connectivity index (χ3n) is 3.11. The fourth-order valence-corrected chi connectivity index (χ4v) is 1.99. The first-order valence-electron chi connectivity index (χ1n) is 6.39. The van der Waals surface area contributed by atoms with Crippen LogP contribution in [0.5, 0.6) is 5.75 Å². The highest BCUT2D eigenvalue weighted by Gasteiger charge is 2.29. The van der Waals surface area contributed by atoms with Gasteiger partial charge in [0.15, 0.2) is 0 Å². The minimum absolute atomic E-state index is 0.0488. The molecule has 1 aliphatic rings. The molecule has 1 fully saturated rings. The Labute approximate surface area is 112 Å². The lowest BCUT2D eigenvalue weighted by atomic mass is 10.2. The van der Waals surface area contributed by atoms with E-state index >= 15 is 0 Å². The summed E-state index contributed by atoms with van der Waals surface area (Å²) in [5.74, 6) is 0.687. The molecule has 1 N–H and O–H groups in total. The molecule has 5 heteroatoms. The maximum Gasteiger partial charge on any atom is 0.245 e. The Morgan fingerprint density at radius 2 is 2.16 bits per heavy atom. The summed E-state index contributed by atoms with van der Waals surface area (Å²) >= 11 is 0. The molecule has 2 amide bonds. The Morgan fingerprint density at radius 3 is 2.79 bits per heavy atom. The van der Waals surface area contributed by atoms with Crippen molar-refractivity contribution < 1.29 is 14.3 Å². The summed E-state index contributed by atoms with van der Waals surface area (Å²) < 4.78 is 5.53. The van der Waals surface area contributed by atoms with Crippen LogP contribution in [0.2, 0.25) is 0 Å². The number of hydrogen-bond donors (Lipinski definition) is 1. The first-order valence-corrected chi connectivity index (χ1v) is 6.39. The summed E-state index contributed by atoms with van der Waals surface area (Å²) in [5.41, 5.74) is 0. The van der Waals surface area contributed by atoms with Gasteiger partial charge in [-0.3, -0.25) is 9.59 Å². The summed E-state index contributed by atoms with van der Waals surface area (Å²) in [4.78, 5) is 24.7. The topological polar surface area (TPSA) is 58.6 Å². The molecule has 1 aliphatic heterocycles. The zero-order chi connectivity index (χ0) is 13.7. The van der Waals surface area contributed by atoms with E-state index in [9.17, 15) is 9.59 Å². The molecule has 0 bridgehead atoms. The minimum atomic E-state index is -0.366. The van der Waals surface area contributed by atoms with Crippen LogP contribution in [0.3, 0.4) is 0 Å². The smallest absolute Gasteiger partial charge is 0.245 e. The molecule has 1 unspecified atom stereocenters. The third-order valence-corrected chi connectivity index (χ3v) is 3.11. The number of benzene rings is 1. The molecule has 1 aromatic carbocycles. The SMILES string of the molecule is CN(CCOc1ccccc1)C(=O)C1CCC(=O)N1. The van der Waals surface area contributed by atoms with E-state index in [2.05, 4.69) is 5.32 Å². The van der Waals surface area contributed by atoms with E-state index in [1.165, 1.54) is 0 Å². The van der Waals surface area contributed by atoms with Crippen molar-refractivity contribution in [2.45, 2.75) is 18.9 Å². The zero-order valence-electron chi connectivity index (χ0n) is 11.0. The molecule has 0 spiro atoms. The monoisotopic (exact) mass is 262 g/mol. The second kappa shape index (κ2) is 6.22. The summed E-state index contributed by atoms with van der Waals surface area (Å²) in [6.07, 6.45) is 1.02. The van der Waals surface area contributed by atoms with Gasteiger partial charge in [0.2, 0.25) is 11.8 Å². The van der Waals surface area contributed by atoms with Gasteiger partial charge in [-0.05, 0) is 18.6 Å². The van der Waals surface area contributed by atoms with Gasteiger partial charge in [0.1, 0.15) is 18.4 Å². The van der Waals surface area contributed by atoms with Crippen molar-refractivity contribution >= 4 is 11.8 Å². The van der Waals surface area contributed by atoms with Gasteiger partial charge in [-0.2, -0.15) is 0 Å². The van der Waals surface area contributed by atoms with Crippen molar-refractivity contribution in [3.05, 3.63) is 30.3 Å². The average molecular weight is 262 g/mol. The summed E-state index contributed by atoms with van der Waals surface area (Å²) in [6.45, 7) is 0.938. The van der Waals surface area contributed by atoms with E-state index in [0.29, 0.717) is 26.0 Å². The minimum Gasteiger partial charge on any atom is -0.492 e. The molecule has 1 atom stereocenters. The highest BCUT2D eigenvalue weighted by molar-refractivity contribution is 5.90. The van der Waals surface area contributed by atoms with Crippen molar-refractivity contribution in [3.8, 4) is 5.75 Å². The van der Waals surface area contributed by atoms with Crippen LogP contribution in [0.25, 0.3) is 0 Å². The van der Waals surface area contributed by atoms with E-state index in [4.69, 9.17) is 4.74 Å². The van der Waals surface area contributed by atoms with E-state index in [0.717, 1.165) is 5.75 Å². The Bertz CT molecular complexity index is 447. The fourth-order valence-electron chi connectivity index (χ4n) is 1.99. The number of ether oxygens (including phenoxy) is 1. The lowest BCUT2D eigenvalue weighted by Gasteiger charge is -2.21. The van der Waals surface area contributed by atoms with Crippen molar-refractivity contribution in [2.75, 3.05) is 20.2 Å². The molecule has 0 saturated carbocycles. The van der Waals surface area contributed by atoms with Crippen LogP contribution in [0, 0.1) is 0 Å². The number of rotatable bonds is 5. The Hall–Kier alpha value is -2.04. The molecule has 102 valence electrons. The van der Waals surface area contributed by atoms with Gasteiger partial charge < -0.3 is 15.0 Å². The summed E-state index contributed by atoms with van der Waals surface area (Å²) in [7, 11) is 1.72. The molecule has 2 rings (SSSR count). The number of amides is 2. The van der Waals surface area contributed by atoms with Gasteiger partial charge in [-0.1, -0.05) is 18.2 Å². The Balaban J connectivity index is 1.73. The van der Waals surface area contributed by atoms with E-state index in [1.807, 2.05) is 30.3 Å². The van der Waals surface area contributed by atoms with Crippen molar-refractivity contribution in [1.29, 1.82) is 0 Å². The number of likely N-dealkylation sites (N-methyl/N-ethyl adjacent to an activating group) is 1. The van der Waals surface area contributed by atoms with Gasteiger partial charge >= 0.3 is 0 Å². The average Bonchev–Trinajstić information content (AvgIpc) is 2.85. The van der Waals surface area contributed by atoms with Crippen molar-refractivity contribution in [2.24, 2.45) is 0 Å². The molecule has 1 saturated heterocycles. The molecule has 1 aromatic rings. The van der Waals surface area contributed by atoms with Gasteiger partial charge in [0, 0.05) is 13.5 Å². The summed E-state index contributed by atoms with van der Waals surface area (Å²) in [6, 6.07) is 9.11. The van der Waals surface area contributed by atoms with Crippen LogP contribution in [-0.2, 0) is 9.59 Å². The van der Waals surface area contributed by atoms with Crippen molar-refractivity contribution in [3.63, 3.8) is 0 Å². The molecular formula is C14H18N2O3. The van der Waals surface area contributed by atoms with E-state index in [-0.39, 0.29) is 17.9 Å². The molecule has 0 aliphatic carbocycles. The third kappa shape index (κ3) is 3.71. The maximum absolute atomic E-state index is 12.0. The number of para-hydroxylation sites is 1. The van der Waals surface area contributed by atoms with Crippen LogP contribution >= 0.6 is 0 Å². The Kier molecular flexibility index (Phi) is 4.39. The second-order valence-electron chi connectivity index (χ2n) is 4.58. The van der Waals surface area contributed by atoms with Gasteiger partial charge in [0.25, 0.3) is 0 Å². The lowest BCUT2D eigenvalue weighted by molar-refractivity contribution is -0.133. The van der Waals surface area contributed by atoms with Gasteiger partial charge in [-0.15, -0.1) is 0 Å². The predicted octanol–water partition coefficient (Wildman–Crippen LogP) is 0.802. The molecule has 0 aromatic heterocycles. The van der Waals surface area contributed by atoms with Crippen molar-refractivity contribution in [1.82, 2.24) is 10.2 Å². The summed E-state index contributed by atoms with van der Waals surface area (Å²) in [5, 5.41) is 2.67. The maximum atomic E-state index is 12.0. The first kappa shape index (κ1) is 13.4. The highest BCUT2D eigenvalue weighted by atomic mass is 16.5. The highest BCUT2D eigenvalue weighted by Crippen LogP contribution is 2.10. The van der Waals surface area contributed by atoms with E-state index < -0.39 is 0 Å². The molecule has 1 heterocycles. The van der Waals surface area contributed by atoms with Crippen LogP contribution in [0.4, 0.5) is 0 Å². The molecule has 5 nitrogen and oxygen atoms in total. The van der Waals surface area contributed by atoms with Crippen LogP contribution < -0.4 is 10.1 Å². The molecule has 0 radical (unpaired) electrons. The second-order valence-corrected chi connectivity index (χ2v) is 4.58. The van der Waals surface area contributed by atoms with Gasteiger partial charge in [-0.25, -0.2) is 0 Å². The van der Waals surface area contributed by atoms with Crippen LogP contribution in [-0.4, -0.2) is 43.0 Å². The number of nitrogens with zero attached hydrogens (tertiary/aromatic N) is 1. The number of hydrogen-bond acceptors (Lipinski definition) is 3.